The van der Waals surface area contributed by atoms with Crippen LogP contribution in [0.15, 0.2) is 42.5 Å². The summed E-state index contributed by atoms with van der Waals surface area (Å²) in [6.45, 7) is 2.61. The van der Waals surface area contributed by atoms with Gasteiger partial charge in [-0.15, -0.1) is 0 Å². The smallest absolute Gasteiger partial charge is 0.269 e. The number of nitrogens with zero attached hydrogens (tertiary/aromatic N) is 2. The minimum Gasteiger partial charge on any atom is -0.384 e. The monoisotopic (exact) mass is 281 g/mol. The van der Waals surface area contributed by atoms with Crippen LogP contribution < -0.4 is 5.32 Å². The lowest BCUT2D eigenvalue weighted by molar-refractivity contribution is -0.384. The van der Waals surface area contributed by atoms with Crippen molar-refractivity contribution < 1.29 is 4.92 Å². The normalized spacial score (nSPS) is 9.90. The summed E-state index contributed by atoms with van der Waals surface area (Å²) in [5.41, 5.74) is 3.59. The Morgan fingerprint density at radius 3 is 2.57 bits per heavy atom. The van der Waals surface area contributed by atoms with E-state index < -0.39 is 4.92 Å². The van der Waals surface area contributed by atoms with Crippen molar-refractivity contribution in [3.8, 4) is 6.07 Å². The van der Waals surface area contributed by atoms with Crippen LogP contribution in [-0.4, -0.2) is 11.5 Å². The van der Waals surface area contributed by atoms with Gasteiger partial charge in [0.25, 0.3) is 5.69 Å². The quantitative estimate of drug-likeness (QED) is 0.672. The number of hydrogen-bond acceptors (Lipinski definition) is 4. The number of aryl methyl sites for hydroxylation is 1. The first-order valence-corrected chi connectivity index (χ1v) is 6.58. The fourth-order valence-electron chi connectivity index (χ4n) is 2.03. The molecule has 0 aliphatic heterocycles. The fraction of sp³-hybridized carbons (Fsp3) is 0.188. The summed E-state index contributed by atoms with van der Waals surface area (Å²) in [6.07, 6.45) is 0.733. The highest BCUT2D eigenvalue weighted by molar-refractivity contribution is 5.58. The molecule has 2 rings (SSSR count). The lowest BCUT2D eigenvalue weighted by Gasteiger charge is -2.09. The molecule has 1 N–H and O–H groups in total. The summed E-state index contributed by atoms with van der Waals surface area (Å²) >= 11 is 0. The standard InChI is InChI=1S/C16H15N3O2/c1-12-2-7-16(14(10-12)11-17)18-9-8-13-3-5-15(6-4-13)19(20)21/h2-7,10,18H,8-9H2,1H3. The highest BCUT2D eigenvalue weighted by Gasteiger charge is 2.04. The zero-order chi connectivity index (χ0) is 15.2. The molecule has 0 bridgehead atoms. The van der Waals surface area contributed by atoms with Gasteiger partial charge in [-0.05, 0) is 36.6 Å². The van der Waals surface area contributed by atoms with E-state index in [1.807, 2.05) is 25.1 Å². The first-order chi connectivity index (χ1) is 10.1. The maximum absolute atomic E-state index is 10.6. The zero-order valence-corrected chi connectivity index (χ0v) is 11.7. The molecule has 106 valence electrons. The van der Waals surface area contributed by atoms with Gasteiger partial charge in [0.2, 0.25) is 0 Å². The van der Waals surface area contributed by atoms with Crippen LogP contribution in [0.5, 0.6) is 0 Å². The second-order valence-corrected chi connectivity index (χ2v) is 4.76. The number of nitrogens with one attached hydrogen (secondary N) is 1. The molecule has 0 unspecified atom stereocenters. The van der Waals surface area contributed by atoms with Gasteiger partial charge in [-0.3, -0.25) is 10.1 Å². The Bertz CT molecular complexity index is 688. The molecule has 0 atom stereocenters. The minimum atomic E-state index is -0.409. The second kappa shape index (κ2) is 6.53. The number of nitro groups is 1. The summed E-state index contributed by atoms with van der Waals surface area (Å²) in [5, 5.41) is 22.9. The van der Waals surface area contributed by atoms with Gasteiger partial charge in [0.1, 0.15) is 6.07 Å². The van der Waals surface area contributed by atoms with Crippen molar-refractivity contribution in [2.75, 3.05) is 11.9 Å². The third-order valence-electron chi connectivity index (χ3n) is 3.17. The van der Waals surface area contributed by atoms with Crippen LogP contribution in [0.3, 0.4) is 0 Å². The number of benzene rings is 2. The van der Waals surface area contributed by atoms with Gasteiger partial charge < -0.3 is 5.32 Å². The van der Waals surface area contributed by atoms with Crippen LogP contribution in [0, 0.1) is 28.4 Å². The molecule has 5 nitrogen and oxygen atoms in total. The van der Waals surface area contributed by atoms with Crippen LogP contribution in [0.2, 0.25) is 0 Å². The van der Waals surface area contributed by atoms with Gasteiger partial charge in [-0.1, -0.05) is 18.2 Å². The molecule has 21 heavy (non-hydrogen) atoms. The number of anilines is 1. The molecule has 2 aromatic carbocycles. The van der Waals surface area contributed by atoms with Gasteiger partial charge in [0, 0.05) is 18.7 Å². The maximum atomic E-state index is 10.6. The van der Waals surface area contributed by atoms with Crippen molar-refractivity contribution in [1.29, 1.82) is 5.26 Å². The maximum Gasteiger partial charge on any atom is 0.269 e. The van der Waals surface area contributed by atoms with Crippen molar-refractivity contribution in [3.63, 3.8) is 0 Å². The van der Waals surface area contributed by atoms with E-state index in [0.717, 1.165) is 23.2 Å². The third-order valence-corrected chi connectivity index (χ3v) is 3.17. The summed E-state index contributed by atoms with van der Waals surface area (Å²) in [6, 6.07) is 14.4. The average Bonchev–Trinajstić information content (AvgIpc) is 2.49. The molecule has 0 fully saturated rings. The Balaban J connectivity index is 1.95. The van der Waals surface area contributed by atoms with Crippen LogP contribution in [0.4, 0.5) is 11.4 Å². The molecule has 0 spiro atoms. The van der Waals surface area contributed by atoms with Crippen molar-refractivity contribution >= 4 is 11.4 Å². The molecule has 0 radical (unpaired) electrons. The molecular formula is C16H15N3O2. The van der Waals surface area contributed by atoms with Crippen LogP contribution in [-0.2, 0) is 6.42 Å². The van der Waals surface area contributed by atoms with Gasteiger partial charge >= 0.3 is 0 Å². The first kappa shape index (κ1) is 14.5. The van der Waals surface area contributed by atoms with E-state index in [2.05, 4.69) is 11.4 Å². The molecule has 0 aliphatic rings. The molecule has 2 aromatic rings. The predicted molar refractivity (Wildman–Crippen MR) is 81.2 cm³/mol. The Labute approximate surface area is 123 Å². The predicted octanol–water partition coefficient (Wildman–Crippen LogP) is 3.43. The van der Waals surface area contributed by atoms with E-state index in [4.69, 9.17) is 5.26 Å². The fourth-order valence-corrected chi connectivity index (χ4v) is 2.03. The summed E-state index contributed by atoms with van der Waals surface area (Å²) in [7, 11) is 0. The van der Waals surface area contributed by atoms with Gasteiger partial charge in [0.05, 0.1) is 16.2 Å². The molecule has 0 saturated carbocycles. The number of nitriles is 1. The molecule has 5 heteroatoms. The number of nitro benzene ring substituents is 1. The highest BCUT2D eigenvalue weighted by Crippen LogP contribution is 2.17. The van der Waals surface area contributed by atoms with E-state index >= 15 is 0 Å². The van der Waals surface area contributed by atoms with Crippen molar-refractivity contribution in [3.05, 3.63) is 69.3 Å². The minimum absolute atomic E-state index is 0.0945. The molecule has 0 amide bonds. The van der Waals surface area contributed by atoms with E-state index in [-0.39, 0.29) is 5.69 Å². The molecule has 0 heterocycles. The molecule has 0 aromatic heterocycles. The lowest BCUT2D eigenvalue weighted by Crippen LogP contribution is -2.06. The topological polar surface area (TPSA) is 79.0 Å². The average molecular weight is 281 g/mol. The van der Waals surface area contributed by atoms with E-state index in [1.165, 1.54) is 12.1 Å². The van der Waals surface area contributed by atoms with Crippen LogP contribution in [0.25, 0.3) is 0 Å². The van der Waals surface area contributed by atoms with Crippen molar-refractivity contribution in [2.45, 2.75) is 13.3 Å². The summed E-state index contributed by atoms with van der Waals surface area (Å²) < 4.78 is 0. The van der Waals surface area contributed by atoms with Gasteiger partial charge in [-0.2, -0.15) is 5.26 Å². The summed E-state index contributed by atoms with van der Waals surface area (Å²) in [5.74, 6) is 0. The first-order valence-electron chi connectivity index (χ1n) is 6.58. The molecular weight excluding hydrogens is 266 g/mol. The van der Waals surface area contributed by atoms with E-state index in [9.17, 15) is 10.1 Å². The Morgan fingerprint density at radius 2 is 1.95 bits per heavy atom. The van der Waals surface area contributed by atoms with Crippen LogP contribution in [0.1, 0.15) is 16.7 Å². The van der Waals surface area contributed by atoms with E-state index in [1.54, 1.807) is 12.1 Å². The Hall–Kier alpha value is -2.87. The van der Waals surface area contributed by atoms with Gasteiger partial charge in [-0.25, -0.2) is 0 Å². The summed E-state index contributed by atoms with van der Waals surface area (Å²) in [4.78, 5) is 10.2. The molecule has 0 saturated heterocycles. The lowest BCUT2D eigenvalue weighted by atomic mass is 10.1. The molecule has 0 aliphatic carbocycles. The number of non-ortho nitro benzene ring substituents is 1. The van der Waals surface area contributed by atoms with Crippen molar-refractivity contribution in [2.24, 2.45) is 0 Å². The largest absolute Gasteiger partial charge is 0.384 e. The second-order valence-electron chi connectivity index (χ2n) is 4.76. The third kappa shape index (κ3) is 3.80. The zero-order valence-electron chi connectivity index (χ0n) is 11.7. The Morgan fingerprint density at radius 1 is 1.24 bits per heavy atom. The SMILES string of the molecule is Cc1ccc(NCCc2ccc([N+](=O)[O-])cc2)c(C#N)c1. The Kier molecular flexibility index (Phi) is 4.52. The number of hydrogen-bond donors (Lipinski definition) is 1. The van der Waals surface area contributed by atoms with Gasteiger partial charge in [0.15, 0.2) is 0 Å². The number of rotatable bonds is 5. The highest BCUT2D eigenvalue weighted by atomic mass is 16.6. The van der Waals surface area contributed by atoms with Crippen LogP contribution >= 0.6 is 0 Å². The van der Waals surface area contributed by atoms with Crippen molar-refractivity contribution in [1.82, 2.24) is 0 Å². The van der Waals surface area contributed by atoms with E-state index in [0.29, 0.717) is 12.1 Å².